The molecule has 0 aromatic rings. The molecule has 0 saturated carbocycles. The quantitative estimate of drug-likeness (QED) is 0.810. The van der Waals surface area contributed by atoms with Gasteiger partial charge in [0.2, 0.25) is 0 Å². The minimum Gasteiger partial charge on any atom is -0.393 e. The summed E-state index contributed by atoms with van der Waals surface area (Å²) in [6.07, 6.45) is 4.54. The maximum Gasteiger partial charge on any atom is 0.0570 e. The van der Waals surface area contributed by atoms with Crippen molar-refractivity contribution in [1.82, 2.24) is 4.90 Å². The first-order valence-electron chi connectivity index (χ1n) is 6.91. The molecular formula is C14H26BrNO. The van der Waals surface area contributed by atoms with Gasteiger partial charge in [-0.05, 0) is 37.0 Å². The minimum absolute atomic E-state index is 0.0409. The topological polar surface area (TPSA) is 23.5 Å². The van der Waals surface area contributed by atoms with Crippen molar-refractivity contribution >= 4 is 15.9 Å². The van der Waals surface area contributed by atoms with E-state index in [0.29, 0.717) is 23.4 Å². The van der Waals surface area contributed by atoms with Gasteiger partial charge in [-0.2, -0.15) is 0 Å². The lowest BCUT2D eigenvalue weighted by molar-refractivity contribution is 0.0186. The van der Waals surface area contributed by atoms with E-state index in [2.05, 4.69) is 41.6 Å². The summed E-state index contributed by atoms with van der Waals surface area (Å²) in [4.78, 5) is 2.68. The summed E-state index contributed by atoms with van der Waals surface area (Å²) < 4.78 is 0. The van der Waals surface area contributed by atoms with Gasteiger partial charge in [0.15, 0.2) is 0 Å². The summed E-state index contributed by atoms with van der Waals surface area (Å²) in [7, 11) is 0. The van der Waals surface area contributed by atoms with Crippen LogP contribution in [0.2, 0.25) is 0 Å². The number of rotatable bonds is 3. The average molecular weight is 304 g/mol. The van der Waals surface area contributed by atoms with Gasteiger partial charge in [0, 0.05) is 24.0 Å². The molecule has 3 heteroatoms. The Morgan fingerprint density at radius 1 is 1.24 bits per heavy atom. The Morgan fingerprint density at radius 3 is 2.18 bits per heavy atom. The van der Waals surface area contributed by atoms with E-state index >= 15 is 0 Å². The van der Waals surface area contributed by atoms with Gasteiger partial charge in [0.1, 0.15) is 0 Å². The predicted octanol–water partition coefficient (Wildman–Crippen LogP) is 3.03. The van der Waals surface area contributed by atoms with E-state index in [1.54, 1.807) is 0 Å². The zero-order valence-corrected chi connectivity index (χ0v) is 12.9. The van der Waals surface area contributed by atoms with Crippen LogP contribution in [0.15, 0.2) is 0 Å². The molecule has 3 atom stereocenters. The summed E-state index contributed by atoms with van der Waals surface area (Å²) in [6, 6.07) is 1.29. The van der Waals surface area contributed by atoms with Crippen LogP contribution in [0, 0.1) is 11.3 Å². The zero-order chi connectivity index (χ0) is 12.6. The molecule has 2 heterocycles. The maximum atomic E-state index is 9.82. The molecule has 0 spiro atoms. The molecule has 0 aromatic carbocycles. The molecule has 17 heavy (non-hydrogen) atoms. The SMILES string of the molecule is CC(C)(C)C(CBr)CN1C2CCC1CC(O)C2. The molecule has 100 valence electrons. The molecule has 1 N–H and O–H groups in total. The number of nitrogens with zero attached hydrogens (tertiary/aromatic N) is 1. The normalized spacial score (nSPS) is 36.2. The van der Waals surface area contributed by atoms with Gasteiger partial charge >= 0.3 is 0 Å². The first kappa shape index (κ1) is 13.8. The lowest BCUT2D eigenvalue weighted by Gasteiger charge is -2.41. The van der Waals surface area contributed by atoms with Crippen LogP contribution in [0.4, 0.5) is 0 Å². The van der Waals surface area contributed by atoms with Gasteiger partial charge in [-0.25, -0.2) is 0 Å². The summed E-state index contributed by atoms with van der Waals surface area (Å²) in [5.74, 6) is 0.695. The van der Waals surface area contributed by atoms with Crippen LogP contribution in [-0.4, -0.2) is 40.1 Å². The highest BCUT2D eigenvalue weighted by Gasteiger charge is 2.41. The minimum atomic E-state index is -0.0409. The second kappa shape index (κ2) is 5.18. The molecule has 2 saturated heterocycles. The molecule has 0 radical (unpaired) electrons. The summed E-state index contributed by atoms with van der Waals surface area (Å²) >= 11 is 3.67. The Morgan fingerprint density at radius 2 is 1.76 bits per heavy atom. The third-order valence-corrected chi connectivity index (χ3v) is 5.48. The third kappa shape index (κ3) is 3.05. The van der Waals surface area contributed by atoms with Gasteiger partial charge in [0.25, 0.3) is 0 Å². The fraction of sp³-hybridized carbons (Fsp3) is 1.00. The molecule has 0 aromatic heterocycles. The molecule has 0 amide bonds. The molecule has 3 unspecified atom stereocenters. The predicted molar refractivity (Wildman–Crippen MR) is 75.5 cm³/mol. The standard InChI is InChI=1S/C14H26BrNO/c1-14(2,3)10(8-15)9-16-11-4-5-12(16)7-13(17)6-11/h10-13,17H,4-9H2,1-3H3. The van der Waals surface area contributed by atoms with Crippen LogP contribution in [-0.2, 0) is 0 Å². The number of aliphatic hydroxyl groups excluding tert-OH is 1. The van der Waals surface area contributed by atoms with E-state index in [9.17, 15) is 5.11 Å². The fourth-order valence-corrected chi connectivity index (χ4v) is 4.53. The molecule has 2 fully saturated rings. The summed E-state index contributed by atoms with van der Waals surface area (Å²) in [6.45, 7) is 8.19. The first-order valence-corrected chi connectivity index (χ1v) is 8.03. The van der Waals surface area contributed by atoms with Crippen LogP contribution in [0.3, 0.4) is 0 Å². The molecule has 2 bridgehead atoms. The van der Waals surface area contributed by atoms with Gasteiger partial charge in [-0.15, -0.1) is 0 Å². The lowest BCUT2D eigenvalue weighted by Crippen LogP contribution is -2.48. The van der Waals surface area contributed by atoms with Crippen molar-refractivity contribution < 1.29 is 5.11 Å². The van der Waals surface area contributed by atoms with Crippen molar-refractivity contribution in [2.24, 2.45) is 11.3 Å². The first-order chi connectivity index (χ1) is 7.91. The van der Waals surface area contributed by atoms with E-state index in [1.165, 1.54) is 19.4 Å². The maximum absolute atomic E-state index is 9.82. The highest BCUT2D eigenvalue weighted by Crippen LogP contribution is 2.38. The zero-order valence-electron chi connectivity index (χ0n) is 11.3. The van der Waals surface area contributed by atoms with Gasteiger partial charge in [-0.3, -0.25) is 4.90 Å². The molecular weight excluding hydrogens is 278 g/mol. The van der Waals surface area contributed by atoms with Gasteiger partial charge in [-0.1, -0.05) is 36.7 Å². The number of hydrogen-bond donors (Lipinski definition) is 1. The van der Waals surface area contributed by atoms with Crippen LogP contribution in [0.1, 0.15) is 46.5 Å². The second-order valence-electron chi connectivity index (χ2n) is 6.92. The molecule has 0 aliphatic carbocycles. The average Bonchev–Trinajstić information content (AvgIpc) is 2.45. The third-order valence-electron chi connectivity index (χ3n) is 4.70. The van der Waals surface area contributed by atoms with Gasteiger partial charge < -0.3 is 5.11 Å². The van der Waals surface area contributed by atoms with Crippen LogP contribution < -0.4 is 0 Å². The van der Waals surface area contributed by atoms with E-state index in [4.69, 9.17) is 0 Å². The number of alkyl halides is 1. The Hall–Kier alpha value is 0.400. The highest BCUT2D eigenvalue weighted by atomic mass is 79.9. The summed E-state index contributed by atoms with van der Waals surface area (Å²) in [5.41, 5.74) is 0.360. The van der Waals surface area contributed by atoms with Crippen LogP contribution in [0.5, 0.6) is 0 Å². The highest BCUT2D eigenvalue weighted by molar-refractivity contribution is 9.09. The van der Waals surface area contributed by atoms with Gasteiger partial charge in [0.05, 0.1) is 6.10 Å². The number of piperidine rings is 1. The monoisotopic (exact) mass is 303 g/mol. The number of halogens is 1. The van der Waals surface area contributed by atoms with E-state index < -0.39 is 0 Å². The smallest absolute Gasteiger partial charge is 0.0570 e. The largest absolute Gasteiger partial charge is 0.393 e. The molecule has 2 rings (SSSR count). The van der Waals surface area contributed by atoms with Crippen molar-refractivity contribution in [2.45, 2.75) is 64.6 Å². The van der Waals surface area contributed by atoms with E-state index in [1.807, 2.05) is 0 Å². The second-order valence-corrected chi connectivity index (χ2v) is 7.57. The van der Waals surface area contributed by atoms with Crippen molar-refractivity contribution in [3.8, 4) is 0 Å². The Labute approximate surface area is 114 Å². The van der Waals surface area contributed by atoms with E-state index in [-0.39, 0.29) is 6.10 Å². The molecule has 2 aliphatic heterocycles. The van der Waals surface area contributed by atoms with E-state index in [0.717, 1.165) is 18.2 Å². The fourth-order valence-electron chi connectivity index (χ4n) is 3.35. The van der Waals surface area contributed by atoms with Crippen LogP contribution >= 0.6 is 15.9 Å². The van der Waals surface area contributed by atoms with Crippen molar-refractivity contribution in [3.63, 3.8) is 0 Å². The number of fused-ring (bicyclic) bond motifs is 2. The number of aliphatic hydroxyl groups is 1. The van der Waals surface area contributed by atoms with Crippen molar-refractivity contribution in [1.29, 1.82) is 0 Å². The van der Waals surface area contributed by atoms with Crippen molar-refractivity contribution in [3.05, 3.63) is 0 Å². The molecule has 2 aliphatic rings. The Bertz CT molecular complexity index is 249. The lowest BCUT2D eigenvalue weighted by atomic mass is 9.81. The Kier molecular flexibility index (Phi) is 4.21. The summed E-state index contributed by atoms with van der Waals surface area (Å²) in [5, 5.41) is 10.9. The Balaban J connectivity index is 2.00. The van der Waals surface area contributed by atoms with Crippen molar-refractivity contribution in [2.75, 3.05) is 11.9 Å². The molecule has 2 nitrogen and oxygen atoms in total. The number of hydrogen-bond acceptors (Lipinski definition) is 2. The van der Waals surface area contributed by atoms with Crippen LogP contribution in [0.25, 0.3) is 0 Å².